The normalized spacial score (nSPS) is 23.3. The average molecular weight is 394 g/mol. The molecule has 0 bridgehead atoms. The molecule has 0 unspecified atom stereocenters. The van der Waals surface area contributed by atoms with E-state index in [4.69, 9.17) is 5.73 Å². The van der Waals surface area contributed by atoms with Gasteiger partial charge < -0.3 is 21.3 Å². The van der Waals surface area contributed by atoms with E-state index >= 15 is 0 Å². The molecule has 1 saturated carbocycles. The molecule has 3 rings (SSSR count). The van der Waals surface area contributed by atoms with E-state index in [2.05, 4.69) is 10.6 Å². The van der Waals surface area contributed by atoms with Gasteiger partial charge in [0, 0.05) is 25.2 Å². The lowest BCUT2D eigenvalue weighted by molar-refractivity contribution is -0.132. The Hall–Kier alpha value is -2.22. The second-order valence-corrected chi connectivity index (χ2v) is 7.81. The summed E-state index contributed by atoms with van der Waals surface area (Å²) in [6.45, 7) is 1.62. The molecule has 0 aromatic heterocycles. The quantitative estimate of drug-likeness (QED) is 0.717. The van der Waals surface area contributed by atoms with Gasteiger partial charge in [-0.1, -0.05) is 0 Å². The number of carbonyl (C=O) groups is 2. The molecule has 1 atom stereocenters. The molecule has 28 heavy (non-hydrogen) atoms. The van der Waals surface area contributed by atoms with E-state index in [9.17, 15) is 18.4 Å². The van der Waals surface area contributed by atoms with E-state index < -0.39 is 23.7 Å². The summed E-state index contributed by atoms with van der Waals surface area (Å²) >= 11 is 0. The van der Waals surface area contributed by atoms with Crippen molar-refractivity contribution in [1.29, 1.82) is 0 Å². The molecule has 1 aliphatic carbocycles. The first-order valence-electron chi connectivity index (χ1n) is 9.99. The lowest BCUT2D eigenvalue weighted by Gasteiger charge is -2.31. The summed E-state index contributed by atoms with van der Waals surface area (Å²) in [4.78, 5) is 26.3. The van der Waals surface area contributed by atoms with Gasteiger partial charge in [0.1, 0.15) is 11.6 Å². The first kappa shape index (κ1) is 20.5. The summed E-state index contributed by atoms with van der Waals surface area (Å²) < 4.78 is 26.5. The molecule has 2 aliphatic rings. The number of amides is 3. The van der Waals surface area contributed by atoms with Crippen LogP contribution in [-0.2, 0) is 4.79 Å². The summed E-state index contributed by atoms with van der Waals surface area (Å²) in [5.74, 6) is -1.07. The Balaban J connectivity index is 1.40. The molecule has 0 spiro atoms. The maximum Gasteiger partial charge on any atom is 0.319 e. The van der Waals surface area contributed by atoms with Crippen LogP contribution in [0, 0.1) is 17.6 Å². The summed E-state index contributed by atoms with van der Waals surface area (Å²) in [6, 6.07) is 2.06. The van der Waals surface area contributed by atoms with Crippen LogP contribution >= 0.6 is 0 Å². The van der Waals surface area contributed by atoms with Gasteiger partial charge in [-0.2, -0.15) is 0 Å². The second-order valence-electron chi connectivity index (χ2n) is 7.81. The molecule has 6 nitrogen and oxygen atoms in total. The van der Waals surface area contributed by atoms with E-state index in [1.807, 2.05) is 4.90 Å². The lowest BCUT2D eigenvalue weighted by Crippen LogP contribution is -2.44. The number of rotatable bonds is 5. The molecular weight excluding hydrogens is 366 g/mol. The van der Waals surface area contributed by atoms with Gasteiger partial charge in [0.2, 0.25) is 5.91 Å². The third-order valence-corrected chi connectivity index (χ3v) is 5.68. The fraction of sp³-hybridized carbons (Fsp3) is 0.600. The van der Waals surface area contributed by atoms with Gasteiger partial charge in [0.15, 0.2) is 0 Å². The highest BCUT2D eigenvalue weighted by Gasteiger charge is 2.29. The molecule has 4 N–H and O–H groups in total. The van der Waals surface area contributed by atoms with E-state index in [1.54, 1.807) is 0 Å². The molecule has 3 amide bonds. The SMILES string of the molecule is N[C@@H](CC1CCC(NC(=O)Nc2ccc(F)cc2F)CC1)C(=O)N1CCCC1. The number of anilines is 1. The molecule has 8 heteroatoms. The van der Waals surface area contributed by atoms with Crippen molar-refractivity contribution in [3.8, 4) is 0 Å². The van der Waals surface area contributed by atoms with Crippen LogP contribution in [0.3, 0.4) is 0 Å². The van der Waals surface area contributed by atoms with Crippen LogP contribution in [0.5, 0.6) is 0 Å². The lowest BCUT2D eigenvalue weighted by atomic mass is 9.82. The summed E-state index contributed by atoms with van der Waals surface area (Å²) in [5.41, 5.74) is 6.06. The molecule has 0 radical (unpaired) electrons. The Bertz CT molecular complexity index is 701. The van der Waals surface area contributed by atoms with Crippen molar-refractivity contribution >= 4 is 17.6 Å². The molecule has 1 aromatic carbocycles. The molecule has 154 valence electrons. The predicted octanol–water partition coefficient (Wildman–Crippen LogP) is 2.98. The zero-order chi connectivity index (χ0) is 20.1. The Morgan fingerprint density at radius 2 is 1.82 bits per heavy atom. The maximum absolute atomic E-state index is 13.6. The number of hydrogen-bond donors (Lipinski definition) is 3. The summed E-state index contributed by atoms with van der Waals surface area (Å²) in [6.07, 6.45) is 6.13. The fourth-order valence-electron chi connectivity index (χ4n) is 4.11. The number of nitrogens with zero attached hydrogens (tertiary/aromatic N) is 1. The largest absolute Gasteiger partial charge is 0.341 e. The van der Waals surface area contributed by atoms with Crippen molar-refractivity contribution in [3.05, 3.63) is 29.8 Å². The number of nitrogens with one attached hydrogen (secondary N) is 2. The molecule has 1 heterocycles. The Kier molecular flexibility index (Phi) is 6.83. The van der Waals surface area contributed by atoms with Crippen LogP contribution < -0.4 is 16.4 Å². The third kappa shape index (κ3) is 5.41. The van der Waals surface area contributed by atoms with Crippen LogP contribution in [-0.4, -0.2) is 42.0 Å². The zero-order valence-corrected chi connectivity index (χ0v) is 15.9. The standard InChI is InChI=1S/C20H28F2N4O2/c21-14-5-8-18(16(22)12-14)25-20(28)24-15-6-3-13(4-7-15)11-17(23)19(27)26-9-1-2-10-26/h5,8,12-13,15,17H,1-4,6-7,9-11,23H2,(H2,24,25,28)/t13?,15?,17-/m0/s1. The zero-order valence-electron chi connectivity index (χ0n) is 15.9. The van der Waals surface area contributed by atoms with Gasteiger partial charge >= 0.3 is 6.03 Å². The number of nitrogens with two attached hydrogens (primary N) is 1. The Labute approximate surface area is 163 Å². The van der Waals surface area contributed by atoms with Gasteiger partial charge in [-0.25, -0.2) is 13.6 Å². The van der Waals surface area contributed by atoms with Crippen molar-refractivity contribution in [1.82, 2.24) is 10.2 Å². The van der Waals surface area contributed by atoms with Gasteiger partial charge in [-0.15, -0.1) is 0 Å². The minimum absolute atomic E-state index is 0.00901. The van der Waals surface area contributed by atoms with Crippen molar-refractivity contribution < 1.29 is 18.4 Å². The van der Waals surface area contributed by atoms with Gasteiger partial charge in [-0.3, -0.25) is 4.79 Å². The summed E-state index contributed by atoms with van der Waals surface area (Å²) in [5, 5.41) is 5.25. The van der Waals surface area contributed by atoms with Gasteiger partial charge in [-0.05, 0) is 63.0 Å². The van der Waals surface area contributed by atoms with Gasteiger partial charge in [0.25, 0.3) is 0 Å². The van der Waals surface area contributed by atoms with Crippen LogP contribution in [0.15, 0.2) is 18.2 Å². The van der Waals surface area contributed by atoms with Crippen molar-refractivity contribution in [2.75, 3.05) is 18.4 Å². The number of halogens is 2. The molecule has 1 saturated heterocycles. The minimum atomic E-state index is -0.810. The first-order chi connectivity index (χ1) is 13.4. The van der Waals surface area contributed by atoms with Crippen LogP contribution in [0.1, 0.15) is 44.9 Å². The second kappa shape index (κ2) is 9.32. The summed E-state index contributed by atoms with van der Waals surface area (Å²) in [7, 11) is 0. The van der Waals surface area contributed by atoms with Crippen molar-refractivity contribution in [2.45, 2.75) is 57.0 Å². The third-order valence-electron chi connectivity index (χ3n) is 5.68. The molecular formula is C20H28F2N4O2. The van der Waals surface area contributed by atoms with E-state index in [-0.39, 0.29) is 17.6 Å². The molecule has 1 aliphatic heterocycles. The smallest absolute Gasteiger partial charge is 0.319 e. The number of benzene rings is 1. The predicted molar refractivity (Wildman–Crippen MR) is 103 cm³/mol. The number of hydrogen-bond acceptors (Lipinski definition) is 3. The maximum atomic E-state index is 13.6. The van der Waals surface area contributed by atoms with E-state index in [0.29, 0.717) is 12.3 Å². The number of likely N-dealkylation sites (tertiary alicyclic amines) is 1. The molecule has 1 aromatic rings. The van der Waals surface area contributed by atoms with Crippen LogP contribution in [0.25, 0.3) is 0 Å². The molecule has 2 fully saturated rings. The number of carbonyl (C=O) groups excluding carboxylic acids is 2. The topological polar surface area (TPSA) is 87.5 Å². The average Bonchev–Trinajstić information content (AvgIpc) is 3.19. The highest BCUT2D eigenvalue weighted by molar-refractivity contribution is 5.89. The van der Waals surface area contributed by atoms with Crippen molar-refractivity contribution in [2.24, 2.45) is 11.7 Å². The highest BCUT2D eigenvalue weighted by atomic mass is 19.1. The van der Waals surface area contributed by atoms with Crippen LogP contribution in [0.4, 0.5) is 19.3 Å². The van der Waals surface area contributed by atoms with E-state index in [1.165, 1.54) is 6.07 Å². The minimum Gasteiger partial charge on any atom is -0.341 e. The van der Waals surface area contributed by atoms with Gasteiger partial charge in [0.05, 0.1) is 11.7 Å². The fourth-order valence-corrected chi connectivity index (χ4v) is 4.11. The highest BCUT2D eigenvalue weighted by Crippen LogP contribution is 2.28. The Morgan fingerprint density at radius 3 is 2.46 bits per heavy atom. The van der Waals surface area contributed by atoms with Crippen LogP contribution in [0.2, 0.25) is 0 Å². The Morgan fingerprint density at radius 1 is 1.14 bits per heavy atom. The first-order valence-corrected chi connectivity index (χ1v) is 9.99. The monoisotopic (exact) mass is 394 g/mol. The van der Waals surface area contributed by atoms with E-state index in [0.717, 1.165) is 63.7 Å². The van der Waals surface area contributed by atoms with Crippen molar-refractivity contribution in [3.63, 3.8) is 0 Å². The number of urea groups is 1.